The fourth-order valence-corrected chi connectivity index (χ4v) is 2.98. The van der Waals surface area contributed by atoms with Crippen molar-refractivity contribution in [3.05, 3.63) is 71.6 Å². The highest BCUT2D eigenvalue weighted by Gasteiger charge is 2.21. The van der Waals surface area contributed by atoms with Crippen molar-refractivity contribution in [1.29, 1.82) is 0 Å². The van der Waals surface area contributed by atoms with E-state index in [1.54, 1.807) is 6.92 Å². The summed E-state index contributed by atoms with van der Waals surface area (Å²) in [7, 11) is 0. The van der Waals surface area contributed by atoms with Gasteiger partial charge in [0, 0.05) is 27.8 Å². The molecule has 0 atom stereocenters. The van der Waals surface area contributed by atoms with Gasteiger partial charge in [0.15, 0.2) is 0 Å². The van der Waals surface area contributed by atoms with Gasteiger partial charge in [-0.05, 0) is 38.1 Å². The van der Waals surface area contributed by atoms with Crippen LogP contribution in [0.3, 0.4) is 0 Å². The van der Waals surface area contributed by atoms with Gasteiger partial charge >= 0.3 is 0 Å². The Bertz CT molecular complexity index is 1060. The number of hydrogen-bond acceptors (Lipinski definition) is 3. The van der Waals surface area contributed by atoms with Crippen LogP contribution in [-0.4, -0.2) is 16.0 Å². The second kappa shape index (κ2) is 5.94. The predicted octanol–water partition coefficient (Wildman–Crippen LogP) is 4.69. The predicted molar refractivity (Wildman–Crippen MR) is 97.7 cm³/mol. The zero-order valence-corrected chi connectivity index (χ0v) is 14.0. The van der Waals surface area contributed by atoms with Crippen molar-refractivity contribution < 1.29 is 9.32 Å². The number of carbonyl (C=O) groups is 1. The Morgan fingerprint density at radius 2 is 1.88 bits per heavy atom. The van der Waals surface area contributed by atoms with Crippen molar-refractivity contribution in [2.45, 2.75) is 13.8 Å². The summed E-state index contributed by atoms with van der Waals surface area (Å²) >= 11 is 0. The maximum absolute atomic E-state index is 12.8. The van der Waals surface area contributed by atoms with Crippen LogP contribution in [0.1, 0.15) is 21.8 Å². The number of aryl methyl sites for hydroxylation is 2. The lowest BCUT2D eigenvalue weighted by atomic mass is 10.1. The van der Waals surface area contributed by atoms with Crippen LogP contribution >= 0.6 is 0 Å². The van der Waals surface area contributed by atoms with Crippen molar-refractivity contribution in [3.63, 3.8) is 0 Å². The molecule has 0 fully saturated rings. The molecule has 124 valence electrons. The van der Waals surface area contributed by atoms with Crippen LogP contribution in [0, 0.1) is 13.8 Å². The number of carbonyl (C=O) groups excluding carboxylic acids is 1. The van der Waals surface area contributed by atoms with Crippen LogP contribution in [0.2, 0.25) is 0 Å². The van der Waals surface area contributed by atoms with Crippen LogP contribution in [0.5, 0.6) is 0 Å². The summed E-state index contributed by atoms with van der Waals surface area (Å²) in [6.45, 7) is 3.75. The molecule has 0 aliphatic carbocycles. The van der Waals surface area contributed by atoms with Gasteiger partial charge in [0.05, 0.1) is 0 Å². The van der Waals surface area contributed by atoms with Gasteiger partial charge in [0.1, 0.15) is 17.0 Å². The minimum absolute atomic E-state index is 0.232. The summed E-state index contributed by atoms with van der Waals surface area (Å²) < 4.78 is 5.27. The molecule has 0 unspecified atom stereocenters. The van der Waals surface area contributed by atoms with Crippen LogP contribution < -0.4 is 5.32 Å². The number of nitrogens with zero attached hydrogens (tertiary/aromatic N) is 1. The second-order valence-corrected chi connectivity index (χ2v) is 6.04. The zero-order valence-electron chi connectivity index (χ0n) is 14.0. The van der Waals surface area contributed by atoms with Gasteiger partial charge in [0.2, 0.25) is 0 Å². The molecule has 25 heavy (non-hydrogen) atoms. The number of anilines is 1. The SMILES string of the molecule is Cc1cc2cc(NC(=O)c3c(-c4ccccc4)noc3C)ccc2[nH]1. The molecule has 0 spiro atoms. The van der Waals surface area contributed by atoms with Gasteiger partial charge in [-0.2, -0.15) is 0 Å². The standard InChI is InChI=1S/C20H17N3O2/c1-12-10-15-11-16(8-9-17(15)21-12)22-20(24)18-13(2)25-23-19(18)14-6-4-3-5-7-14/h3-11,21H,1-2H3,(H,22,24). The molecule has 0 aliphatic heterocycles. The fraction of sp³-hybridized carbons (Fsp3) is 0.100. The summed E-state index contributed by atoms with van der Waals surface area (Å²) in [5.41, 5.74) is 4.71. The lowest BCUT2D eigenvalue weighted by Crippen LogP contribution is -2.13. The van der Waals surface area contributed by atoms with E-state index in [0.29, 0.717) is 17.0 Å². The molecule has 4 aromatic rings. The number of hydrogen-bond donors (Lipinski definition) is 2. The summed E-state index contributed by atoms with van der Waals surface area (Å²) in [6.07, 6.45) is 0. The highest BCUT2D eigenvalue weighted by molar-refractivity contribution is 6.09. The monoisotopic (exact) mass is 331 g/mol. The molecule has 2 aromatic heterocycles. The van der Waals surface area contributed by atoms with Gasteiger partial charge in [-0.15, -0.1) is 0 Å². The molecule has 1 amide bonds. The number of aromatic nitrogens is 2. The third-order valence-electron chi connectivity index (χ3n) is 4.15. The molecule has 2 heterocycles. The van der Waals surface area contributed by atoms with E-state index in [0.717, 1.165) is 27.8 Å². The molecule has 4 rings (SSSR count). The smallest absolute Gasteiger partial charge is 0.261 e. The van der Waals surface area contributed by atoms with Crippen molar-refractivity contribution in [2.75, 3.05) is 5.32 Å². The molecule has 5 heteroatoms. The topological polar surface area (TPSA) is 70.9 Å². The Balaban J connectivity index is 1.68. The number of aromatic amines is 1. The van der Waals surface area contributed by atoms with E-state index in [4.69, 9.17) is 4.52 Å². The Hall–Kier alpha value is -3.34. The molecule has 0 radical (unpaired) electrons. The summed E-state index contributed by atoms with van der Waals surface area (Å²) in [4.78, 5) is 16.1. The van der Waals surface area contributed by atoms with E-state index in [9.17, 15) is 4.79 Å². The maximum atomic E-state index is 12.8. The fourth-order valence-electron chi connectivity index (χ4n) is 2.98. The number of fused-ring (bicyclic) bond motifs is 1. The first-order valence-corrected chi connectivity index (χ1v) is 8.04. The van der Waals surface area contributed by atoms with E-state index in [1.807, 2.05) is 61.5 Å². The average molecular weight is 331 g/mol. The molecule has 5 nitrogen and oxygen atoms in total. The highest BCUT2D eigenvalue weighted by Crippen LogP contribution is 2.26. The van der Waals surface area contributed by atoms with Gasteiger partial charge in [-0.25, -0.2) is 0 Å². The van der Waals surface area contributed by atoms with Gasteiger partial charge in [-0.1, -0.05) is 35.5 Å². The number of H-pyrrole nitrogens is 1. The normalized spacial score (nSPS) is 11.0. The number of amides is 1. The lowest BCUT2D eigenvalue weighted by Gasteiger charge is -2.06. The number of rotatable bonds is 3. The molecule has 2 N–H and O–H groups in total. The van der Waals surface area contributed by atoms with Gasteiger partial charge in [0.25, 0.3) is 5.91 Å². The minimum Gasteiger partial charge on any atom is -0.360 e. The van der Waals surface area contributed by atoms with Gasteiger partial charge in [-0.3, -0.25) is 4.79 Å². The maximum Gasteiger partial charge on any atom is 0.261 e. The third kappa shape index (κ3) is 2.80. The van der Waals surface area contributed by atoms with Crippen LogP contribution in [-0.2, 0) is 0 Å². The quantitative estimate of drug-likeness (QED) is 0.572. The van der Waals surface area contributed by atoms with E-state index in [-0.39, 0.29) is 5.91 Å². The molecule has 0 aliphatic rings. The Morgan fingerprint density at radius 3 is 2.68 bits per heavy atom. The highest BCUT2D eigenvalue weighted by atomic mass is 16.5. The molecule has 2 aromatic carbocycles. The number of benzene rings is 2. The van der Waals surface area contributed by atoms with E-state index in [1.165, 1.54) is 0 Å². The van der Waals surface area contributed by atoms with Crippen molar-refractivity contribution in [3.8, 4) is 11.3 Å². The van der Waals surface area contributed by atoms with E-state index in [2.05, 4.69) is 15.5 Å². The first-order chi connectivity index (χ1) is 12.1. The van der Waals surface area contributed by atoms with Crippen molar-refractivity contribution in [1.82, 2.24) is 10.1 Å². The van der Waals surface area contributed by atoms with Crippen LogP contribution in [0.4, 0.5) is 5.69 Å². The van der Waals surface area contributed by atoms with E-state index < -0.39 is 0 Å². The van der Waals surface area contributed by atoms with E-state index >= 15 is 0 Å². The van der Waals surface area contributed by atoms with Crippen LogP contribution in [0.25, 0.3) is 22.2 Å². The first kappa shape index (κ1) is 15.2. The average Bonchev–Trinajstić information content (AvgIpc) is 3.17. The summed E-state index contributed by atoms with van der Waals surface area (Å²) in [5.74, 6) is 0.263. The minimum atomic E-state index is -0.232. The number of nitrogens with one attached hydrogen (secondary N) is 2. The molecule has 0 saturated carbocycles. The first-order valence-electron chi connectivity index (χ1n) is 8.04. The molecular weight excluding hydrogens is 314 g/mol. The lowest BCUT2D eigenvalue weighted by molar-refractivity contribution is 0.102. The van der Waals surface area contributed by atoms with Crippen molar-refractivity contribution >= 4 is 22.5 Å². The molecular formula is C20H17N3O2. The third-order valence-corrected chi connectivity index (χ3v) is 4.15. The van der Waals surface area contributed by atoms with Gasteiger partial charge < -0.3 is 14.8 Å². The summed E-state index contributed by atoms with van der Waals surface area (Å²) in [5, 5.41) is 8.06. The Morgan fingerprint density at radius 1 is 1.08 bits per heavy atom. The molecule has 0 saturated heterocycles. The second-order valence-electron chi connectivity index (χ2n) is 6.04. The largest absolute Gasteiger partial charge is 0.360 e. The van der Waals surface area contributed by atoms with Crippen molar-refractivity contribution in [2.24, 2.45) is 0 Å². The molecule has 0 bridgehead atoms. The summed E-state index contributed by atoms with van der Waals surface area (Å²) in [6, 6.07) is 17.4. The Labute approximate surface area is 144 Å². The zero-order chi connectivity index (χ0) is 17.4. The van der Waals surface area contributed by atoms with Crippen LogP contribution in [0.15, 0.2) is 59.1 Å². The Kier molecular flexibility index (Phi) is 3.61.